The minimum absolute atomic E-state index is 0.00479. The van der Waals surface area contributed by atoms with E-state index in [0.717, 1.165) is 25.2 Å². The number of ether oxygens (including phenoxy) is 2. The molecule has 0 spiro atoms. The third-order valence-electron chi connectivity index (χ3n) is 5.09. The van der Waals surface area contributed by atoms with Crippen molar-refractivity contribution in [3.05, 3.63) is 86.3 Å². The first kappa shape index (κ1) is 24.6. The van der Waals surface area contributed by atoms with Gasteiger partial charge < -0.3 is 20.3 Å². The second-order valence-electron chi connectivity index (χ2n) is 6.92. The van der Waals surface area contributed by atoms with Gasteiger partial charge in [-0.25, -0.2) is 14.4 Å². The third kappa shape index (κ3) is 4.17. The van der Waals surface area contributed by atoms with Crippen molar-refractivity contribution in [3.8, 4) is 6.07 Å². The van der Waals surface area contributed by atoms with Crippen molar-refractivity contribution in [3.63, 3.8) is 0 Å². The molecule has 0 fully saturated rings. The van der Waals surface area contributed by atoms with E-state index in [1.54, 1.807) is 30.3 Å². The Labute approximate surface area is 204 Å². The number of nitrogens with zero attached hydrogens (tertiary/aromatic N) is 2. The largest absolute Gasteiger partial charge is 0.478 e. The summed E-state index contributed by atoms with van der Waals surface area (Å²) in [4.78, 5) is 39.0. The summed E-state index contributed by atoms with van der Waals surface area (Å²) in [5.74, 6) is -4.87. The summed E-state index contributed by atoms with van der Waals surface area (Å²) in [6.07, 6.45) is 0. The first-order chi connectivity index (χ1) is 16.2. The van der Waals surface area contributed by atoms with Crippen molar-refractivity contribution in [2.45, 2.75) is 5.92 Å². The van der Waals surface area contributed by atoms with Crippen LogP contribution in [-0.2, 0) is 19.1 Å². The van der Waals surface area contributed by atoms with Gasteiger partial charge in [0.1, 0.15) is 11.5 Å². The minimum Gasteiger partial charge on any atom is -0.478 e. The molecule has 1 atom stereocenters. The normalized spacial score (nSPS) is 15.6. The molecule has 0 amide bonds. The lowest BCUT2D eigenvalue weighted by atomic mass is 9.80. The van der Waals surface area contributed by atoms with E-state index in [2.05, 4.69) is 0 Å². The molecule has 1 unspecified atom stereocenters. The number of nitriles is 1. The van der Waals surface area contributed by atoms with Crippen LogP contribution >= 0.6 is 23.2 Å². The van der Waals surface area contributed by atoms with Crippen molar-refractivity contribution in [2.24, 2.45) is 5.73 Å². The Morgan fingerprint density at radius 1 is 1.09 bits per heavy atom. The van der Waals surface area contributed by atoms with E-state index >= 15 is 0 Å². The van der Waals surface area contributed by atoms with Gasteiger partial charge >= 0.3 is 17.9 Å². The number of carbonyl (C=O) groups excluding carboxylic acids is 2. The van der Waals surface area contributed by atoms with E-state index in [0.29, 0.717) is 5.56 Å². The summed E-state index contributed by atoms with van der Waals surface area (Å²) >= 11 is 12.3. The molecule has 9 nitrogen and oxygen atoms in total. The smallest absolute Gasteiger partial charge is 0.355 e. The maximum atomic E-state index is 13.1. The molecule has 0 saturated heterocycles. The van der Waals surface area contributed by atoms with E-state index in [4.69, 9.17) is 38.4 Å². The molecule has 2 aromatic carbocycles. The number of allylic oxidation sites excluding steroid dienone is 1. The van der Waals surface area contributed by atoms with Crippen LogP contribution in [0.2, 0.25) is 10.0 Å². The molecule has 3 rings (SSSR count). The van der Waals surface area contributed by atoms with Crippen molar-refractivity contribution in [1.82, 2.24) is 0 Å². The zero-order valence-corrected chi connectivity index (χ0v) is 19.3. The number of methoxy groups -OCH3 is 2. The van der Waals surface area contributed by atoms with Gasteiger partial charge in [0.05, 0.1) is 53.6 Å². The predicted molar refractivity (Wildman–Crippen MR) is 123 cm³/mol. The van der Waals surface area contributed by atoms with Gasteiger partial charge in [-0.2, -0.15) is 5.26 Å². The minimum atomic E-state index is -1.44. The molecule has 1 aliphatic heterocycles. The van der Waals surface area contributed by atoms with Crippen molar-refractivity contribution >= 4 is 46.8 Å². The number of hydrogen-bond acceptors (Lipinski definition) is 8. The summed E-state index contributed by atoms with van der Waals surface area (Å²) in [6.45, 7) is 0. The molecule has 3 N–H and O–H groups in total. The van der Waals surface area contributed by atoms with Crippen LogP contribution in [0, 0.1) is 11.3 Å². The molecule has 0 radical (unpaired) electrons. The lowest BCUT2D eigenvalue weighted by Crippen LogP contribution is -2.41. The van der Waals surface area contributed by atoms with E-state index in [9.17, 15) is 24.8 Å². The second kappa shape index (κ2) is 9.87. The number of nitrogens with two attached hydrogens (primary N) is 1. The van der Waals surface area contributed by atoms with Gasteiger partial charge in [0.15, 0.2) is 0 Å². The average Bonchev–Trinajstić information content (AvgIpc) is 2.82. The number of esters is 2. The van der Waals surface area contributed by atoms with Crippen LogP contribution in [0.3, 0.4) is 0 Å². The number of carbonyl (C=O) groups is 3. The maximum Gasteiger partial charge on any atom is 0.355 e. The fourth-order valence-electron chi connectivity index (χ4n) is 3.70. The maximum absolute atomic E-state index is 13.1. The standard InChI is InChI=1S/C23H17Cl2N3O6/c1-33-22(31)17-16(11-6-4-3-5-7-11)14(10-26)20(27)28(19(17)23(32)34-2)18-13(21(29)30)8-12(24)9-15(18)25/h3-9,16H,27H2,1-2H3,(H,29,30). The van der Waals surface area contributed by atoms with Gasteiger partial charge in [-0.1, -0.05) is 53.5 Å². The molecular formula is C23H17Cl2N3O6. The number of rotatable bonds is 5. The zero-order chi connectivity index (χ0) is 25.2. The van der Waals surface area contributed by atoms with Crippen LogP contribution in [0.1, 0.15) is 21.8 Å². The number of aromatic carboxylic acids is 1. The molecule has 0 saturated carbocycles. The Bertz CT molecular complexity index is 1300. The van der Waals surface area contributed by atoms with Crippen molar-refractivity contribution in [1.29, 1.82) is 5.26 Å². The summed E-state index contributed by atoms with van der Waals surface area (Å²) in [5, 5.41) is 19.6. The van der Waals surface area contributed by atoms with Crippen LogP contribution in [-0.4, -0.2) is 37.2 Å². The topological polar surface area (TPSA) is 143 Å². The molecule has 0 aliphatic carbocycles. The van der Waals surface area contributed by atoms with Gasteiger partial charge in [-0.3, -0.25) is 4.90 Å². The number of halogens is 2. The second-order valence-corrected chi connectivity index (χ2v) is 7.77. The van der Waals surface area contributed by atoms with Gasteiger partial charge in [0, 0.05) is 5.02 Å². The van der Waals surface area contributed by atoms with Crippen LogP contribution in [0.5, 0.6) is 0 Å². The highest BCUT2D eigenvalue weighted by molar-refractivity contribution is 6.37. The highest BCUT2D eigenvalue weighted by Crippen LogP contribution is 2.46. The first-order valence-electron chi connectivity index (χ1n) is 9.55. The Morgan fingerprint density at radius 3 is 2.24 bits per heavy atom. The van der Waals surface area contributed by atoms with Crippen LogP contribution in [0.4, 0.5) is 5.69 Å². The molecule has 1 aliphatic rings. The van der Waals surface area contributed by atoms with Gasteiger partial charge in [0.25, 0.3) is 0 Å². The highest BCUT2D eigenvalue weighted by atomic mass is 35.5. The lowest BCUT2D eigenvalue weighted by Gasteiger charge is -2.36. The van der Waals surface area contributed by atoms with Crippen LogP contribution in [0.15, 0.2) is 65.1 Å². The van der Waals surface area contributed by atoms with Gasteiger partial charge in [-0.05, 0) is 17.7 Å². The third-order valence-corrected chi connectivity index (χ3v) is 5.60. The number of carboxylic acids is 1. The van der Waals surface area contributed by atoms with Crippen molar-refractivity contribution in [2.75, 3.05) is 19.1 Å². The Balaban J connectivity index is 2.53. The number of hydrogen-bond donors (Lipinski definition) is 2. The molecule has 1 heterocycles. The summed E-state index contributed by atoms with van der Waals surface area (Å²) < 4.78 is 9.84. The summed E-state index contributed by atoms with van der Waals surface area (Å²) in [7, 11) is 2.17. The fraction of sp³-hybridized carbons (Fsp3) is 0.130. The molecular weight excluding hydrogens is 485 g/mol. The Kier molecular flexibility index (Phi) is 7.15. The monoisotopic (exact) mass is 501 g/mol. The molecule has 2 aromatic rings. The van der Waals surface area contributed by atoms with E-state index in [-0.39, 0.29) is 32.7 Å². The van der Waals surface area contributed by atoms with E-state index < -0.39 is 35.1 Å². The molecule has 0 aromatic heterocycles. The molecule has 174 valence electrons. The number of benzene rings is 2. The summed E-state index contributed by atoms with van der Waals surface area (Å²) in [6, 6.07) is 12.7. The van der Waals surface area contributed by atoms with E-state index in [1.807, 2.05) is 6.07 Å². The van der Waals surface area contributed by atoms with Gasteiger partial charge in [0.2, 0.25) is 0 Å². The van der Waals surface area contributed by atoms with E-state index in [1.165, 1.54) is 6.07 Å². The zero-order valence-electron chi connectivity index (χ0n) is 17.8. The SMILES string of the molecule is COC(=O)C1=C(C(=O)OC)N(c2c(Cl)cc(Cl)cc2C(=O)O)C(N)=C(C#N)C1c1ccccc1. The lowest BCUT2D eigenvalue weighted by molar-refractivity contribution is -0.139. The molecule has 0 bridgehead atoms. The quantitative estimate of drug-likeness (QED) is 0.587. The molecule has 11 heteroatoms. The van der Waals surface area contributed by atoms with Gasteiger partial charge in [-0.15, -0.1) is 0 Å². The average molecular weight is 502 g/mol. The number of anilines is 1. The first-order valence-corrected chi connectivity index (χ1v) is 10.3. The van der Waals surface area contributed by atoms with Crippen LogP contribution in [0.25, 0.3) is 0 Å². The fourth-order valence-corrected chi connectivity index (χ4v) is 4.28. The summed E-state index contributed by atoms with van der Waals surface area (Å²) in [5.41, 5.74) is 5.24. The Hall–Kier alpha value is -4.00. The molecule has 34 heavy (non-hydrogen) atoms. The van der Waals surface area contributed by atoms with Crippen LogP contribution < -0.4 is 10.6 Å². The highest BCUT2D eigenvalue weighted by Gasteiger charge is 2.44. The number of carboxylic acid groups (broad SMARTS) is 1. The predicted octanol–water partition coefficient (Wildman–Crippen LogP) is 3.59. The Morgan fingerprint density at radius 2 is 1.71 bits per heavy atom. The van der Waals surface area contributed by atoms with Crippen molar-refractivity contribution < 1.29 is 29.0 Å².